The minimum Gasteiger partial charge on any atom is -0.444 e. The molecule has 0 spiro atoms. The molecule has 0 aliphatic heterocycles. The van der Waals surface area contributed by atoms with Crippen molar-refractivity contribution in [3.63, 3.8) is 0 Å². The van der Waals surface area contributed by atoms with Crippen molar-refractivity contribution in [2.24, 2.45) is 0 Å². The van der Waals surface area contributed by atoms with E-state index in [0.717, 1.165) is 0 Å². The van der Waals surface area contributed by atoms with Gasteiger partial charge in [0, 0.05) is 6.54 Å². The van der Waals surface area contributed by atoms with Crippen LogP contribution in [-0.2, 0) is 4.74 Å². The number of hydrogen-bond donors (Lipinski definition) is 4. The first-order chi connectivity index (χ1) is 10.1. The highest BCUT2D eigenvalue weighted by Gasteiger charge is 2.21. The number of carbonyl (C=O) groups excluding carboxylic acids is 1. The fourth-order valence-corrected chi connectivity index (χ4v) is 1.75. The summed E-state index contributed by atoms with van der Waals surface area (Å²) in [5.41, 5.74) is 6.55. The number of ether oxygens (including phenoxy) is 1. The summed E-state index contributed by atoms with van der Waals surface area (Å²) in [6, 6.07) is 3.20. The molecule has 2 unspecified atom stereocenters. The molecule has 0 fully saturated rings. The molecule has 0 saturated heterocycles. The Hall–Kier alpha value is -1.86. The molecule has 5 N–H and O–H groups in total. The first kappa shape index (κ1) is 18.2. The first-order valence-electron chi connectivity index (χ1n) is 7.16. The van der Waals surface area contributed by atoms with Crippen LogP contribution < -0.4 is 11.1 Å². The van der Waals surface area contributed by atoms with Crippen LogP contribution >= 0.6 is 0 Å². The number of nitrogens with zero attached hydrogens (tertiary/aromatic N) is 1. The highest BCUT2D eigenvalue weighted by Crippen LogP contribution is 2.19. The van der Waals surface area contributed by atoms with E-state index in [9.17, 15) is 15.0 Å². The van der Waals surface area contributed by atoms with Gasteiger partial charge in [-0.15, -0.1) is 0 Å². The Kier molecular flexibility index (Phi) is 6.13. The number of nitrogens with one attached hydrogen (secondary N) is 1. The molecule has 0 aliphatic rings. The fraction of sp³-hybridized carbons (Fsp3) is 0.600. The van der Waals surface area contributed by atoms with E-state index in [1.54, 1.807) is 39.8 Å². The van der Waals surface area contributed by atoms with Gasteiger partial charge in [-0.25, -0.2) is 4.79 Å². The Morgan fingerprint density at radius 3 is 2.59 bits per heavy atom. The molecular weight excluding hydrogens is 286 g/mol. The molecule has 0 radical (unpaired) electrons. The zero-order chi connectivity index (χ0) is 16.9. The van der Waals surface area contributed by atoms with Crippen LogP contribution in [0.2, 0.25) is 0 Å². The summed E-state index contributed by atoms with van der Waals surface area (Å²) in [6.45, 7) is 7.20. The summed E-state index contributed by atoms with van der Waals surface area (Å²) in [6.07, 6.45) is -2.58. The lowest BCUT2D eigenvalue weighted by molar-refractivity contribution is 0.00989. The molecule has 7 heteroatoms. The maximum Gasteiger partial charge on any atom is 0.407 e. The van der Waals surface area contributed by atoms with Crippen LogP contribution in [0.15, 0.2) is 12.1 Å². The smallest absolute Gasteiger partial charge is 0.407 e. The van der Waals surface area contributed by atoms with Gasteiger partial charge in [0.25, 0.3) is 0 Å². The highest BCUT2D eigenvalue weighted by atomic mass is 16.6. The van der Waals surface area contributed by atoms with Crippen molar-refractivity contribution in [2.75, 3.05) is 12.3 Å². The van der Waals surface area contributed by atoms with Crippen molar-refractivity contribution in [1.82, 2.24) is 10.3 Å². The summed E-state index contributed by atoms with van der Waals surface area (Å²) >= 11 is 0. The number of alkyl carbamates (subject to hydrolysis) is 1. The Bertz CT molecular complexity index is 514. The van der Waals surface area contributed by atoms with Crippen molar-refractivity contribution in [3.8, 4) is 0 Å². The third-order valence-corrected chi connectivity index (χ3v) is 2.92. The van der Waals surface area contributed by atoms with Gasteiger partial charge in [0.15, 0.2) is 0 Å². The molecule has 1 rings (SSSR count). The number of aryl methyl sites for hydroxylation is 1. The van der Waals surface area contributed by atoms with Crippen molar-refractivity contribution in [1.29, 1.82) is 0 Å². The first-order valence-corrected chi connectivity index (χ1v) is 7.16. The number of aliphatic hydroxyl groups excluding tert-OH is 2. The van der Waals surface area contributed by atoms with E-state index in [2.05, 4.69) is 10.3 Å². The number of hydrogen-bond acceptors (Lipinski definition) is 6. The lowest BCUT2D eigenvalue weighted by Gasteiger charge is -2.21. The van der Waals surface area contributed by atoms with Crippen molar-refractivity contribution < 1.29 is 19.7 Å². The third kappa shape index (κ3) is 5.87. The van der Waals surface area contributed by atoms with E-state index in [1.165, 1.54) is 0 Å². The molecule has 1 amide bonds. The van der Waals surface area contributed by atoms with Crippen LogP contribution in [0.4, 0.5) is 10.5 Å². The zero-order valence-electron chi connectivity index (χ0n) is 13.5. The second-order valence-corrected chi connectivity index (χ2v) is 6.14. The van der Waals surface area contributed by atoms with Gasteiger partial charge in [0.1, 0.15) is 11.7 Å². The molecule has 0 aromatic carbocycles. The van der Waals surface area contributed by atoms with Crippen LogP contribution in [0.5, 0.6) is 0 Å². The topological polar surface area (TPSA) is 118 Å². The van der Waals surface area contributed by atoms with Gasteiger partial charge in [0.2, 0.25) is 0 Å². The average Bonchev–Trinajstić information content (AvgIpc) is 2.38. The normalized spacial score (nSPS) is 14.3. The van der Waals surface area contributed by atoms with Gasteiger partial charge >= 0.3 is 6.09 Å². The lowest BCUT2D eigenvalue weighted by atomic mass is 10.1. The number of anilines is 1. The molecule has 0 saturated carbocycles. The number of carbonyl (C=O) groups is 1. The second-order valence-electron chi connectivity index (χ2n) is 6.14. The molecule has 1 heterocycles. The van der Waals surface area contributed by atoms with Gasteiger partial charge in [-0.2, -0.15) is 0 Å². The molecule has 2 atom stereocenters. The molecule has 1 aromatic heterocycles. The summed E-state index contributed by atoms with van der Waals surface area (Å²) in [4.78, 5) is 15.6. The minimum atomic E-state index is -1.14. The molecule has 1 aromatic rings. The van der Waals surface area contributed by atoms with Crippen molar-refractivity contribution in [3.05, 3.63) is 23.5 Å². The largest absolute Gasteiger partial charge is 0.444 e. The number of aliphatic hydroxyl groups is 2. The molecule has 124 valence electrons. The van der Waals surface area contributed by atoms with E-state index in [-0.39, 0.29) is 13.0 Å². The van der Waals surface area contributed by atoms with Gasteiger partial charge in [-0.1, -0.05) is 0 Å². The van der Waals surface area contributed by atoms with E-state index in [0.29, 0.717) is 17.1 Å². The van der Waals surface area contributed by atoms with Crippen LogP contribution in [0, 0.1) is 6.92 Å². The highest BCUT2D eigenvalue weighted by molar-refractivity contribution is 5.67. The predicted molar refractivity (Wildman–Crippen MR) is 83.2 cm³/mol. The van der Waals surface area contributed by atoms with Gasteiger partial charge in [0.05, 0.1) is 23.2 Å². The summed E-state index contributed by atoms with van der Waals surface area (Å²) in [5.74, 6) is 0. The Morgan fingerprint density at radius 1 is 1.41 bits per heavy atom. The molecule has 0 bridgehead atoms. The molecule has 22 heavy (non-hydrogen) atoms. The molecule has 0 aliphatic carbocycles. The van der Waals surface area contributed by atoms with Gasteiger partial charge in [-0.05, 0) is 46.2 Å². The average molecular weight is 311 g/mol. The zero-order valence-corrected chi connectivity index (χ0v) is 13.5. The van der Waals surface area contributed by atoms with Crippen LogP contribution in [0.3, 0.4) is 0 Å². The number of amides is 1. The summed E-state index contributed by atoms with van der Waals surface area (Å²) < 4.78 is 5.07. The van der Waals surface area contributed by atoms with Crippen LogP contribution in [0.1, 0.15) is 44.7 Å². The second kappa shape index (κ2) is 7.42. The minimum absolute atomic E-state index is 0.172. The maximum atomic E-state index is 11.5. The number of aromatic nitrogens is 1. The van der Waals surface area contributed by atoms with E-state index >= 15 is 0 Å². The van der Waals surface area contributed by atoms with E-state index in [4.69, 9.17) is 10.5 Å². The number of rotatable bonds is 5. The third-order valence-electron chi connectivity index (χ3n) is 2.92. The van der Waals surface area contributed by atoms with Gasteiger partial charge < -0.3 is 26.0 Å². The van der Waals surface area contributed by atoms with Crippen LogP contribution in [-0.4, -0.2) is 39.5 Å². The monoisotopic (exact) mass is 311 g/mol. The summed E-state index contributed by atoms with van der Waals surface area (Å²) in [7, 11) is 0. The Morgan fingerprint density at radius 2 is 2.05 bits per heavy atom. The van der Waals surface area contributed by atoms with E-state index < -0.39 is 23.9 Å². The quantitative estimate of drug-likeness (QED) is 0.650. The maximum absolute atomic E-state index is 11.5. The fourth-order valence-electron chi connectivity index (χ4n) is 1.75. The Labute approximate surface area is 130 Å². The molecular formula is C15H25N3O4. The van der Waals surface area contributed by atoms with Gasteiger partial charge in [-0.3, -0.25) is 4.98 Å². The van der Waals surface area contributed by atoms with E-state index in [1.807, 2.05) is 0 Å². The number of pyridine rings is 1. The number of nitrogen functional groups attached to an aromatic ring is 1. The standard InChI is InChI=1S/C15H25N3O4/c1-9-10(16)5-6-11(18-9)13(20)12(19)7-8-17-14(21)22-15(2,3)4/h5-6,12-13,19-20H,7-8,16H2,1-4H3,(H,17,21). The van der Waals surface area contributed by atoms with Crippen molar-refractivity contribution in [2.45, 2.75) is 51.9 Å². The Balaban J connectivity index is 2.46. The lowest BCUT2D eigenvalue weighted by Crippen LogP contribution is -2.34. The SMILES string of the molecule is Cc1nc(C(O)C(O)CCNC(=O)OC(C)(C)C)ccc1N. The number of nitrogens with two attached hydrogens (primary N) is 1. The summed E-state index contributed by atoms with van der Waals surface area (Å²) in [5, 5.41) is 22.5. The van der Waals surface area contributed by atoms with Crippen molar-refractivity contribution >= 4 is 11.8 Å². The van der Waals surface area contributed by atoms with Crippen LogP contribution in [0.25, 0.3) is 0 Å². The predicted octanol–water partition coefficient (Wildman–Crippen LogP) is 1.28. The molecule has 7 nitrogen and oxygen atoms in total.